The summed E-state index contributed by atoms with van der Waals surface area (Å²) in [5.74, 6) is -0.221. The Kier molecular flexibility index (Phi) is 8.59. The minimum absolute atomic E-state index is 0.0795. The summed E-state index contributed by atoms with van der Waals surface area (Å²) in [6.07, 6.45) is -1.97. The molecule has 14 nitrogen and oxygen atoms in total. The highest BCUT2D eigenvalue weighted by Crippen LogP contribution is 2.33. The molecular weight excluding hydrogens is 582 g/mol. The van der Waals surface area contributed by atoms with Crippen molar-refractivity contribution in [1.82, 2.24) is 35.4 Å². The van der Waals surface area contributed by atoms with Crippen LogP contribution in [0.2, 0.25) is 0 Å². The number of amides is 3. The first-order valence-electron chi connectivity index (χ1n) is 15.6. The van der Waals surface area contributed by atoms with Gasteiger partial charge >= 0.3 is 0 Å². The number of nitrogens with one attached hydrogen (secondary N) is 2. The van der Waals surface area contributed by atoms with E-state index in [-0.39, 0.29) is 54.7 Å². The number of likely N-dealkylation sites (tertiary alicyclic amines) is 1. The van der Waals surface area contributed by atoms with Crippen molar-refractivity contribution in [3.8, 4) is 5.75 Å². The Morgan fingerprint density at radius 2 is 1.84 bits per heavy atom. The summed E-state index contributed by atoms with van der Waals surface area (Å²) in [6, 6.07) is 5.59. The third-order valence-corrected chi connectivity index (χ3v) is 9.42. The normalized spacial score (nSPS) is 32.9. The van der Waals surface area contributed by atoms with E-state index >= 15 is 0 Å². The molecule has 0 aliphatic carbocycles. The van der Waals surface area contributed by atoms with Gasteiger partial charge in [-0.15, -0.1) is 5.10 Å². The van der Waals surface area contributed by atoms with Crippen LogP contribution in [0.1, 0.15) is 57.3 Å². The number of hydrogen-bond acceptors (Lipinski definition) is 10. The molecule has 2 aromatic rings. The first-order valence-corrected chi connectivity index (χ1v) is 15.6. The van der Waals surface area contributed by atoms with Crippen LogP contribution in [0, 0.1) is 0 Å². The van der Waals surface area contributed by atoms with Crippen molar-refractivity contribution < 1.29 is 34.1 Å². The molecule has 8 atom stereocenters. The monoisotopic (exact) mass is 625 g/mol. The van der Waals surface area contributed by atoms with Gasteiger partial charge in [0.15, 0.2) is 0 Å². The van der Waals surface area contributed by atoms with Crippen LogP contribution < -0.4 is 15.4 Å². The molecule has 4 N–H and O–H groups in total. The number of nitrogens with zero attached hydrogens (tertiary/aromatic N) is 5. The quantitative estimate of drug-likeness (QED) is 0.347. The highest BCUT2D eigenvalue weighted by atomic mass is 16.5. The van der Waals surface area contributed by atoms with Gasteiger partial charge in [0.05, 0.1) is 37.4 Å². The second kappa shape index (κ2) is 12.3. The van der Waals surface area contributed by atoms with Gasteiger partial charge in [0.2, 0.25) is 17.7 Å². The van der Waals surface area contributed by atoms with Crippen LogP contribution in [-0.2, 0) is 31.1 Å². The fraction of sp³-hybridized carbons (Fsp3) is 0.645. The van der Waals surface area contributed by atoms with Crippen LogP contribution in [0.3, 0.4) is 0 Å². The highest BCUT2D eigenvalue weighted by Gasteiger charge is 2.49. The van der Waals surface area contributed by atoms with E-state index in [0.717, 1.165) is 11.3 Å². The van der Waals surface area contributed by atoms with E-state index in [1.54, 1.807) is 16.7 Å². The zero-order valence-electron chi connectivity index (χ0n) is 26.1. The number of hydrogen-bond donors (Lipinski definition) is 4. The molecule has 0 saturated carbocycles. The maximum Gasteiger partial charge on any atom is 0.242 e. The van der Waals surface area contributed by atoms with Gasteiger partial charge in [-0.3, -0.25) is 19.3 Å². The van der Waals surface area contributed by atoms with Gasteiger partial charge < -0.3 is 35.2 Å². The maximum atomic E-state index is 14.5. The predicted octanol–water partition coefficient (Wildman–Crippen LogP) is -0.505. The van der Waals surface area contributed by atoms with E-state index in [4.69, 9.17) is 9.47 Å². The SMILES string of the molecule is COc1cccc(CN2C[C@H]3C[C@H]2C(=O)N2C[C@@H](n4cc(C(C)(C)C)nn4)C[C@H]2C(=O)NC[C@H]2O[C@@H](CC(=O)N3)[C@H](O)[C@@H]2O)c1. The van der Waals surface area contributed by atoms with Crippen LogP contribution in [-0.4, -0.2) is 122 Å². The second-order valence-corrected chi connectivity index (χ2v) is 13.7. The number of methoxy groups -OCH3 is 1. The van der Waals surface area contributed by atoms with Gasteiger partial charge in [0, 0.05) is 50.3 Å². The van der Waals surface area contributed by atoms with Crippen molar-refractivity contribution in [2.45, 2.75) is 101 Å². The third kappa shape index (κ3) is 6.41. The van der Waals surface area contributed by atoms with Crippen molar-refractivity contribution in [2.75, 3.05) is 26.7 Å². The number of aromatic nitrogens is 3. The molecule has 0 spiro atoms. The van der Waals surface area contributed by atoms with Crippen molar-refractivity contribution in [1.29, 1.82) is 0 Å². The Morgan fingerprint density at radius 3 is 2.58 bits per heavy atom. The molecule has 3 amide bonds. The lowest BCUT2D eigenvalue weighted by Gasteiger charge is -2.31. The first-order chi connectivity index (χ1) is 21.4. The van der Waals surface area contributed by atoms with Crippen LogP contribution in [0.5, 0.6) is 5.75 Å². The summed E-state index contributed by atoms with van der Waals surface area (Å²) < 4.78 is 13.0. The van der Waals surface area contributed by atoms with Crippen LogP contribution in [0.25, 0.3) is 0 Å². The van der Waals surface area contributed by atoms with Crippen LogP contribution in [0.15, 0.2) is 30.5 Å². The van der Waals surface area contributed by atoms with E-state index in [1.807, 2.05) is 56.1 Å². The van der Waals surface area contributed by atoms with Crippen molar-refractivity contribution in [3.63, 3.8) is 0 Å². The molecule has 4 saturated heterocycles. The Bertz CT molecular complexity index is 1430. The van der Waals surface area contributed by atoms with Crippen molar-refractivity contribution >= 4 is 17.7 Å². The summed E-state index contributed by atoms with van der Waals surface area (Å²) in [7, 11) is 1.60. The number of aliphatic hydroxyl groups is 2. The number of rotatable bonds is 4. The number of carbonyl (C=O) groups is 3. The number of carbonyl (C=O) groups excluding carboxylic acids is 3. The Balaban J connectivity index is 1.32. The Hall–Kier alpha value is -3.59. The molecule has 0 radical (unpaired) electrons. The van der Waals surface area contributed by atoms with Gasteiger partial charge in [-0.05, 0) is 24.1 Å². The second-order valence-electron chi connectivity index (χ2n) is 13.7. The summed E-state index contributed by atoms with van der Waals surface area (Å²) in [4.78, 5) is 44.9. The molecule has 4 aliphatic heterocycles. The minimum atomic E-state index is -1.27. The minimum Gasteiger partial charge on any atom is -0.497 e. The van der Waals surface area contributed by atoms with E-state index in [9.17, 15) is 24.6 Å². The first kappa shape index (κ1) is 31.4. The van der Waals surface area contributed by atoms with Gasteiger partial charge in [0.25, 0.3) is 0 Å². The Labute approximate surface area is 262 Å². The molecule has 4 bridgehead atoms. The number of aliphatic hydroxyl groups excluding tert-OH is 2. The van der Waals surface area contributed by atoms with Crippen molar-refractivity contribution in [2.24, 2.45) is 0 Å². The fourth-order valence-corrected chi connectivity index (χ4v) is 6.88. The van der Waals surface area contributed by atoms with Gasteiger partial charge in [-0.1, -0.05) is 38.1 Å². The van der Waals surface area contributed by atoms with E-state index < -0.39 is 36.5 Å². The molecular formula is C31H43N7O7. The van der Waals surface area contributed by atoms with Gasteiger partial charge in [-0.2, -0.15) is 0 Å². The number of ether oxygens (including phenoxy) is 2. The van der Waals surface area contributed by atoms with Gasteiger partial charge in [0.1, 0.15) is 30.1 Å². The largest absolute Gasteiger partial charge is 0.497 e. The molecule has 4 fully saturated rings. The molecule has 244 valence electrons. The van der Waals surface area contributed by atoms with E-state index in [2.05, 4.69) is 20.9 Å². The van der Waals surface area contributed by atoms with E-state index in [1.165, 1.54) is 0 Å². The molecule has 6 rings (SSSR count). The van der Waals surface area contributed by atoms with Crippen molar-refractivity contribution in [3.05, 3.63) is 41.7 Å². The summed E-state index contributed by atoms with van der Waals surface area (Å²) in [6.45, 7) is 7.16. The lowest BCUT2D eigenvalue weighted by atomic mass is 9.93. The average Bonchev–Trinajstić information content (AvgIpc) is 3.79. The molecule has 14 heteroatoms. The smallest absolute Gasteiger partial charge is 0.242 e. The summed E-state index contributed by atoms with van der Waals surface area (Å²) in [5, 5.41) is 35.8. The summed E-state index contributed by atoms with van der Waals surface area (Å²) >= 11 is 0. The summed E-state index contributed by atoms with van der Waals surface area (Å²) in [5.41, 5.74) is 1.53. The standard InChI is InChI=1S/C31H43N7O7/c1-31(2,3)25-16-38(35-34-25)19-10-21-29(42)32-12-24-28(41)27(40)23(45-24)11-26(39)33-18-9-22(30(43)37(21)15-19)36(14-18)13-17-6-5-7-20(8-17)44-4/h5-8,16,18-19,21-24,27-28,40-41H,9-15H2,1-4H3,(H,32,42)(H,33,39)/t18-,19+,21+,22+,23+,24-,27+,28-/m1/s1. The average molecular weight is 626 g/mol. The zero-order valence-corrected chi connectivity index (χ0v) is 26.1. The number of fused-ring (bicyclic) bond motifs is 5. The van der Waals surface area contributed by atoms with E-state index in [0.29, 0.717) is 31.7 Å². The third-order valence-electron chi connectivity index (χ3n) is 9.42. The number of benzene rings is 1. The molecule has 1 aromatic heterocycles. The molecule has 1 aromatic carbocycles. The molecule has 0 unspecified atom stereocenters. The zero-order chi connectivity index (χ0) is 32.0. The molecule has 4 aliphatic rings. The van der Waals surface area contributed by atoms with Crippen LogP contribution >= 0.6 is 0 Å². The highest BCUT2D eigenvalue weighted by molar-refractivity contribution is 5.91. The molecule has 5 heterocycles. The lowest BCUT2D eigenvalue weighted by molar-refractivity contribution is -0.142. The Morgan fingerprint density at radius 1 is 1.07 bits per heavy atom. The fourth-order valence-electron chi connectivity index (χ4n) is 6.88. The topological polar surface area (TPSA) is 171 Å². The predicted molar refractivity (Wildman–Crippen MR) is 160 cm³/mol. The molecule has 45 heavy (non-hydrogen) atoms. The lowest BCUT2D eigenvalue weighted by Crippen LogP contribution is -2.53. The van der Waals surface area contributed by atoms with Crippen LogP contribution in [0.4, 0.5) is 0 Å². The maximum absolute atomic E-state index is 14.5. The van der Waals surface area contributed by atoms with Gasteiger partial charge in [-0.25, -0.2) is 4.68 Å².